The van der Waals surface area contributed by atoms with Crippen LogP contribution in [0.15, 0.2) is 48.2 Å². The number of nitriles is 1. The third-order valence-electron chi connectivity index (χ3n) is 4.51. The van der Waals surface area contributed by atoms with Gasteiger partial charge in [0.05, 0.1) is 0 Å². The molecule has 0 fully saturated rings. The van der Waals surface area contributed by atoms with Crippen molar-refractivity contribution in [1.82, 2.24) is 0 Å². The van der Waals surface area contributed by atoms with Crippen LogP contribution in [0.25, 0.3) is 0 Å². The Labute approximate surface area is 155 Å². The second-order valence-corrected chi connectivity index (χ2v) is 6.71. The Morgan fingerprint density at radius 1 is 1.08 bits per heavy atom. The number of hydrogen-bond donors (Lipinski definition) is 2. The zero-order valence-corrected chi connectivity index (χ0v) is 16.0. The SMILES string of the molecule is Cc1cccc(NC(=O)/C(C#N)=C\Nc2c(C)cccc2C(C)C)c1C. The number of nitrogens with one attached hydrogen (secondary N) is 2. The van der Waals surface area contributed by atoms with Crippen LogP contribution in [0.1, 0.15) is 42.0 Å². The summed E-state index contributed by atoms with van der Waals surface area (Å²) in [6.45, 7) is 10.2. The lowest BCUT2D eigenvalue weighted by molar-refractivity contribution is -0.112. The predicted octanol–water partition coefficient (Wildman–Crippen LogP) is 5.19. The van der Waals surface area contributed by atoms with Crippen molar-refractivity contribution >= 4 is 17.3 Å². The zero-order valence-electron chi connectivity index (χ0n) is 16.0. The first-order valence-corrected chi connectivity index (χ1v) is 8.69. The van der Waals surface area contributed by atoms with Crippen molar-refractivity contribution in [3.05, 3.63) is 70.4 Å². The molecule has 2 aromatic rings. The van der Waals surface area contributed by atoms with E-state index in [0.717, 1.165) is 33.6 Å². The maximum atomic E-state index is 12.5. The fourth-order valence-corrected chi connectivity index (χ4v) is 2.74. The van der Waals surface area contributed by atoms with Crippen molar-refractivity contribution in [3.63, 3.8) is 0 Å². The molecule has 2 rings (SSSR count). The summed E-state index contributed by atoms with van der Waals surface area (Å²) in [6, 6.07) is 13.8. The Kier molecular flexibility index (Phi) is 6.19. The molecule has 0 spiro atoms. The number of aryl methyl sites for hydroxylation is 2. The van der Waals surface area contributed by atoms with Crippen molar-refractivity contribution < 1.29 is 4.79 Å². The summed E-state index contributed by atoms with van der Waals surface area (Å²) in [6.07, 6.45) is 1.48. The summed E-state index contributed by atoms with van der Waals surface area (Å²) in [7, 11) is 0. The maximum Gasteiger partial charge on any atom is 0.267 e. The first kappa shape index (κ1) is 19.3. The van der Waals surface area contributed by atoms with E-state index in [1.807, 2.05) is 57.2 Å². The summed E-state index contributed by atoms with van der Waals surface area (Å²) in [4.78, 5) is 12.5. The van der Waals surface area contributed by atoms with Crippen molar-refractivity contribution in [3.8, 4) is 6.07 Å². The number of benzene rings is 2. The number of nitrogens with zero attached hydrogens (tertiary/aromatic N) is 1. The van der Waals surface area contributed by atoms with Gasteiger partial charge >= 0.3 is 0 Å². The molecule has 0 heterocycles. The average Bonchev–Trinajstić information content (AvgIpc) is 2.60. The lowest BCUT2D eigenvalue weighted by Crippen LogP contribution is -2.15. The number of carbonyl (C=O) groups excluding carboxylic acids is 1. The van der Waals surface area contributed by atoms with Crippen LogP contribution >= 0.6 is 0 Å². The van der Waals surface area contributed by atoms with E-state index in [4.69, 9.17) is 0 Å². The molecule has 4 nitrogen and oxygen atoms in total. The van der Waals surface area contributed by atoms with Crippen LogP contribution in [0, 0.1) is 32.1 Å². The molecule has 0 radical (unpaired) electrons. The summed E-state index contributed by atoms with van der Waals surface area (Å²) < 4.78 is 0. The van der Waals surface area contributed by atoms with E-state index < -0.39 is 5.91 Å². The van der Waals surface area contributed by atoms with E-state index in [1.165, 1.54) is 6.20 Å². The second kappa shape index (κ2) is 8.35. The highest BCUT2D eigenvalue weighted by atomic mass is 16.1. The zero-order chi connectivity index (χ0) is 19.3. The van der Waals surface area contributed by atoms with E-state index in [-0.39, 0.29) is 5.57 Å². The molecule has 0 unspecified atom stereocenters. The summed E-state index contributed by atoms with van der Waals surface area (Å²) in [5, 5.41) is 15.4. The molecule has 0 aliphatic heterocycles. The number of rotatable bonds is 5. The fraction of sp³-hybridized carbons (Fsp3) is 0.273. The molecule has 1 amide bonds. The molecule has 0 aliphatic rings. The van der Waals surface area contributed by atoms with Crippen molar-refractivity contribution in [2.75, 3.05) is 10.6 Å². The Morgan fingerprint density at radius 2 is 1.73 bits per heavy atom. The molecular weight excluding hydrogens is 322 g/mol. The molecule has 134 valence electrons. The van der Waals surface area contributed by atoms with Crippen LogP contribution in [-0.2, 0) is 4.79 Å². The number of anilines is 2. The molecule has 0 saturated heterocycles. The third-order valence-corrected chi connectivity index (χ3v) is 4.51. The minimum absolute atomic E-state index is 0.0314. The van der Waals surface area contributed by atoms with E-state index in [0.29, 0.717) is 5.92 Å². The molecule has 26 heavy (non-hydrogen) atoms. The van der Waals surface area contributed by atoms with Gasteiger partial charge in [-0.3, -0.25) is 4.79 Å². The minimum atomic E-state index is -0.423. The normalized spacial score (nSPS) is 11.2. The number of amides is 1. The van der Waals surface area contributed by atoms with Gasteiger partial charge in [0.25, 0.3) is 5.91 Å². The van der Waals surface area contributed by atoms with Crippen LogP contribution < -0.4 is 10.6 Å². The van der Waals surface area contributed by atoms with E-state index in [2.05, 4.69) is 30.5 Å². The van der Waals surface area contributed by atoms with Gasteiger partial charge in [0.2, 0.25) is 0 Å². The lowest BCUT2D eigenvalue weighted by atomic mass is 9.98. The molecule has 0 atom stereocenters. The Morgan fingerprint density at radius 3 is 2.38 bits per heavy atom. The highest BCUT2D eigenvalue weighted by Gasteiger charge is 2.13. The Balaban J connectivity index is 2.25. The second-order valence-electron chi connectivity index (χ2n) is 6.71. The van der Waals surface area contributed by atoms with Crippen LogP contribution in [0.4, 0.5) is 11.4 Å². The molecule has 0 bridgehead atoms. The number of para-hydroxylation sites is 1. The molecule has 0 aromatic heterocycles. The van der Waals surface area contributed by atoms with Gasteiger partial charge in [-0.1, -0.05) is 44.2 Å². The minimum Gasteiger partial charge on any atom is -0.360 e. The van der Waals surface area contributed by atoms with Gasteiger partial charge in [0.15, 0.2) is 0 Å². The van der Waals surface area contributed by atoms with Gasteiger partial charge in [-0.25, -0.2) is 0 Å². The average molecular weight is 347 g/mol. The lowest BCUT2D eigenvalue weighted by Gasteiger charge is -2.15. The summed E-state index contributed by atoms with van der Waals surface area (Å²) >= 11 is 0. The smallest absolute Gasteiger partial charge is 0.267 e. The van der Waals surface area contributed by atoms with E-state index in [1.54, 1.807) is 0 Å². The van der Waals surface area contributed by atoms with Crippen molar-refractivity contribution in [2.24, 2.45) is 0 Å². The van der Waals surface area contributed by atoms with Gasteiger partial charge in [0, 0.05) is 17.6 Å². The van der Waals surface area contributed by atoms with Gasteiger partial charge in [-0.15, -0.1) is 0 Å². The Hall–Kier alpha value is -3.06. The van der Waals surface area contributed by atoms with Crippen LogP contribution in [0.2, 0.25) is 0 Å². The molecule has 4 heteroatoms. The quantitative estimate of drug-likeness (QED) is 0.577. The highest BCUT2D eigenvalue weighted by molar-refractivity contribution is 6.07. The van der Waals surface area contributed by atoms with Gasteiger partial charge in [0.1, 0.15) is 11.6 Å². The van der Waals surface area contributed by atoms with Crippen molar-refractivity contribution in [1.29, 1.82) is 5.26 Å². The monoisotopic (exact) mass is 347 g/mol. The first-order chi connectivity index (χ1) is 12.3. The molecule has 2 N–H and O–H groups in total. The largest absolute Gasteiger partial charge is 0.360 e. The molecular formula is C22H25N3O. The summed E-state index contributed by atoms with van der Waals surface area (Å²) in [5.74, 6) is -0.0894. The fourth-order valence-electron chi connectivity index (χ4n) is 2.74. The highest BCUT2D eigenvalue weighted by Crippen LogP contribution is 2.27. The number of carbonyl (C=O) groups is 1. The Bertz CT molecular complexity index is 889. The van der Waals surface area contributed by atoms with Crippen LogP contribution in [0.3, 0.4) is 0 Å². The molecule has 0 saturated carbocycles. The third kappa shape index (κ3) is 4.31. The van der Waals surface area contributed by atoms with Gasteiger partial charge < -0.3 is 10.6 Å². The van der Waals surface area contributed by atoms with Gasteiger partial charge in [-0.2, -0.15) is 5.26 Å². The van der Waals surface area contributed by atoms with Crippen LogP contribution in [0.5, 0.6) is 0 Å². The predicted molar refractivity (Wildman–Crippen MR) is 107 cm³/mol. The van der Waals surface area contributed by atoms with E-state index >= 15 is 0 Å². The molecule has 2 aromatic carbocycles. The molecule has 0 aliphatic carbocycles. The van der Waals surface area contributed by atoms with Crippen LogP contribution in [-0.4, -0.2) is 5.91 Å². The maximum absolute atomic E-state index is 12.5. The van der Waals surface area contributed by atoms with E-state index in [9.17, 15) is 10.1 Å². The first-order valence-electron chi connectivity index (χ1n) is 8.69. The standard InChI is InChI=1S/C22H25N3O/c1-14(2)19-10-6-9-16(4)21(19)24-13-18(12-23)22(26)25-20-11-7-8-15(3)17(20)5/h6-11,13-14,24H,1-5H3,(H,25,26)/b18-13-. The van der Waals surface area contributed by atoms with Gasteiger partial charge in [-0.05, 0) is 55.0 Å². The van der Waals surface area contributed by atoms with Crippen molar-refractivity contribution in [2.45, 2.75) is 40.5 Å². The topological polar surface area (TPSA) is 64.9 Å². The summed E-state index contributed by atoms with van der Waals surface area (Å²) in [5.41, 5.74) is 5.98. The number of hydrogen-bond acceptors (Lipinski definition) is 3.